The highest BCUT2D eigenvalue weighted by Gasteiger charge is 2.19. The van der Waals surface area contributed by atoms with Gasteiger partial charge >= 0.3 is 0 Å². The maximum Gasteiger partial charge on any atom is 0.295 e. The molecule has 0 N–H and O–H groups in total. The Kier molecular flexibility index (Phi) is 3.25. The number of hydrogen-bond acceptors (Lipinski definition) is 3. The predicted molar refractivity (Wildman–Crippen MR) is 66.0 cm³/mol. The molecule has 0 atom stereocenters. The summed E-state index contributed by atoms with van der Waals surface area (Å²) in [5.74, 6) is -0.480. The molecule has 0 saturated heterocycles. The van der Waals surface area contributed by atoms with Gasteiger partial charge in [0, 0.05) is 11.6 Å². The first-order valence-electron chi connectivity index (χ1n) is 5.06. The van der Waals surface area contributed by atoms with Gasteiger partial charge in [0.2, 0.25) is 0 Å². The van der Waals surface area contributed by atoms with E-state index in [0.29, 0.717) is 11.1 Å². The molecule has 92 valence electrons. The van der Waals surface area contributed by atoms with Gasteiger partial charge in [0.05, 0.1) is 4.92 Å². The summed E-state index contributed by atoms with van der Waals surface area (Å²) in [7, 11) is 0. The van der Waals surface area contributed by atoms with Crippen LogP contribution >= 0.6 is 11.6 Å². The average molecular weight is 267 g/mol. The molecule has 0 aliphatic carbocycles. The van der Waals surface area contributed by atoms with Crippen LogP contribution in [0.5, 0.6) is 0 Å². The molecule has 18 heavy (non-hydrogen) atoms. The number of nitro groups is 1. The van der Waals surface area contributed by atoms with Gasteiger partial charge in [0.15, 0.2) is 0 Å². The Labute approximate surface area is 107 Å². The topological polar surface area (TPSA) is 56.0 Å². The van der Waals surface area contributed by atoms with Crippen LogP contribution in [0.25, 0.3) is 11.3 Å². The average Bonchev–Trinajstić information content (AvgIpc) is 2.31. The Hall–Kier alpha value is -2.01. The molecule has 0 fully saturated rings. The first kappa shape index (κ1) is 12.4. The van der Waals surface area contributed by atoms with Gasteiger partial charge in [-0.3, -0.25) is 10.1 Å². The van der Waals surface area contributed by atoms with E-state index in [2.05, 4.69) is 4.98 Å². The van der Waals surface area contributed by atoms with Crippen molar-refractivity contribution < 1.29 is 9.31 Å². The third kappa shape index (κ3) is 2.31. The number of aryl methyl sites for hydroxylation is 1. The van der Waals surface area contributed by atoms with E-state index in [4.69, 9.17) is 11.6 Å². The Balaban J connectivity index is 2.73. The minimum absolute atomic E-state index is 0.0736. The van der Waals surface area contributed by atoms with E-state index in [1.54, 1.807) is 6.92 Å². The molecular weight excluding hydrogens is 259 g/mol. The van der Waals surface area contributed by atoms with Crippen LogP contribution in [0.2, 0.25) is 5.15 Å². The smallest absolute Gasteiger partial charge is 0.258 e. The second kappa shape index (κ2) is 4.70. The molecule has 1 aromatic heterocycles. The van der Waals surface area contributed by atoms with Gasteiger partial charge in [0.25, 0.3) is 5.69 Å². The maximum atomic E-state index is 13.2. The summed E-state index contributed by atoms with van der Waals surface area (Å²) in [5.41, 5.74) is 0.927. The minimum Gasteiger partial charge on any atom is -0.258 e. The van der Waals surface area contributed by atoms with Crippen LogP contribution in [0.3, 0.4) is 0 Å². The second-order valence-electron chi connectivity index (χ2n) is 3.72. The number of aromatic nitrogens is 1. The zero-order valence-corrected chi connectivity index (χ0v) is 10.1. The van der Waals surface area contributed by atoms with Gasteiger partial charge < -0.3 is 0 Å². The number of rotatable bonds is 2. The van der Waals surface area contributed by atoms with Crippen molar-refractivity contribution in [3.63, 3.8) is 0 Å². The van der Waals surface area contributed by atoms with Crippen LogP contribution in [0.15, 0.2) is 30.3 Å². The number of halogens is 2. The highest BCUT2D eigenvalue weighted by molar-refractivity contribution is 6.29. The Morgan fingerprint density at radius 2 is 2.06 bits per heavy atom. The minimum atomic E-state index is -0.566. The quantitative estimate of drug-likeness (QED) is 0.472. The third-order valence-corrected chi connectivity index (χ3v) is 2.70. The van der Waals surface area contributed by atoms with E-state index in [1.165, 1.54) is 30.3 Å². The van der Waals surface area contributed by atoms with Crippen molar-refractivity contribution in [1.82, 2.24) is 4.98 Å². The van der Waals surface area contributed by atoms with Crippen molar-refractivity contribution >= 4 is 17.3 Å². The van der Waals surface area contributed by atoms with Gasteiger partial charge in [-0.15, -0.1) is 0 Å². The maximum absolute atomic E-state index is 13.2. The lowest BCUT2D eigenvalue weighted by Crippen LogP contribution is -1.97. The molecular formula is C12H8ClFN2O2. The molecule has 1 heterocycles. The van der Waals surface area contributed by atoms with Crippen molar-refractivity contribution in [1.29, 1.82) is 0 Å². The summed E-state index contributed by atoms with van der Waals surface area (Å²) in [6, 6.07) is 6.63. The fraction of sp³-hybridized carbons (Fsp3) is 0.0833. The number of benzene rings is 1. The van der Waals surface area contributed by atoms with Crippen LogP contribution < -0.4 is 0 Å². The summed E-state index contributed by atoms with van der Waals surface area (Å²) in [6.07, 6.45) is 0. The molecule has 0 bridgehead atoms. The monoisotopic (exact) mass is 266 g/mol. The van der Waals surface area contributed by atoms with E-state index in [-0.39, 0.29) is 16.5 Å². The number of hydrogen-bond donors (Lipinski definition) is 0. The van der Waals surface area contributed by atoms with Crippen molar-refractivity contribution in [2.24, 2.45) is 0 Å². The normalized spacial score (nSPS) is 10.4. The Morgan fingerprint density at radius 1 is 1.33 bits per heavy atom. The first-order valence-corrected chi connectivity index (χ1v) is 5.44. The van der Waals surface area contributed by atoms with E-state index in [0.717, 1.165) is 0 Å². The lowest BCUT2D eigenvalue weighted by Gasteiger charge is -2.06. The van der Waals surface area contributed by atoms with Crippen LogP contribution in [0.1, 0.15) is 5.56 Å². The summed E-state index contributed by atoms with van der Waals surface area (Å²) < 4.78 is 13.2. The Morgan fingerprint density at radius 3 is 2.72 bits per heavy atom. The Bertz CT molecular complexity index is 631. The fourth-order valence-electron chi connectivity index (χ4n) is 1.62. The molecule has 0 saturated carbocycles. The van der Waals surface area contributed by atoms with Crippen molar-refractivity contribution in [2.45, 2.75) is 6.92 Å². The van der Waals surface area contributed by atoms with Crippen LogP contribution in [-0.2, 0) is 0 Å². The highest BCUT2D eigenvalue weighted by atomic mass is 35.5. The molecule has 0 unspecified atom stereocenters. The van der Waals surface area contributed by atoms with E-state index >= 15 is 0 Å². The molecule has 0 radical (unpaired) electrons. The van der Waals surface area contributed by atoms with Gasteiger partial charge in [-0.25, -0.2) is 9.37 Å². The molecule has 0 amide bonds. The lowest BCUT2D eigenvalue weighted by molar-refractivity contribution is -0.384. The van der Waals surface area contributed by atoms with Crippen LogP contribution in [0.4, 0.5) is 10.1 Å². The van der Waals surface area contributed by atoms with Crippen molar-refractivity contribution in [3.05, 3.63) is 57.0 Å². The van der Waals surface area contributed by atoms with Gasteiger partial charge in [-0.05, 0) is 30.7 Å². The molecule has 1 aromatic carbocycles. The van der Waals surface area contributed by atoms with Crippen LogP contribution in [-0.4, -0.2) is 9.91 Å². The standard InChI is InChI=1S/C12H8ClFN2O2/c1-7-2-3-8(14)6-9(7)12-10(16(17)18)4-5-11(13)15-12/h2-6H,1H3. The van der Waals surface area contributed by atoms with Crippen molar-refractivity contribution in [2.75, 3.05) is 0 Å². The van der Waals surface area contributed by atoms with Crippen LogP contribution in [0, 0.1) is 22.9 Å². The number of pyridine rings is 1. The summed E-state index contributed by atoms with van der Waals surface area (Å²) in [6.45, 7) is 1.72. The third-order valence-electron chi connectivity index (χ3n) is 2.49. The summed E-state index contributed by atoms with van der Waals surface area (Å²) in [4.78, 5) is 14.3. The molecule has 0 aliphatic rings. The number of nitrogens with zero attached hydrogens (tertiary/aromatic N) is 2. The van der Waals surface area contributed by atoms with E-state index < -0.39 is 10.7 Å². The zero-order chi connectivity index (χ0) is 13.3. The first-order chi connectivity index (χ1) is 8.49. The molecule has 6 heteroatoms. The summed E-state index contributed by atoms with van der Waals surface area (Å²) >= 11 is 5.74. The molecule has 4 nitrogen and oxygen atoms in total. The second-order valence-corrected chi connectivity index (χ2v) is 4.11. The highest BCUT2D eigenvalue weighted by Crippen LogP contribution is 2.31. The molecule has 2 aromatic rings. The van der Waals surface area contributed by atoms with Crippen molar-refractivity contribution in [3.8, 4) is 11.3 Å². The van der Waals surface area contributed by atoms with Gasteiger partial charge in [-0.1, -0.05) is 17.7 Å². The SMILES string of the molecule is Cc1ccc(F)cc1-c1nc(Cl)ccc1[N+](=O)[O-]. The zero-order valence-electron chi connectivity index (χ0n) is 9.35. The molecule has 0 aliphatic heterocycles. The van der Waals surface area contributed by atoms with E-state index in [9.17, 15) is 14.5 Å². The molecule has 2 rings (SSSR count). The fourth-order valence-corrected chi connectivity index (χ4v) is 1.77. The molecule has 0 spiro atoms. The van der Waals surface area contributed by atoms with E-state index in [1.807, 2.05) is 0 Å². The van der Waals surface area contributed by atoms with Gasteiger partial charge in [0.1, 0.15) is 16.7 Å². The summed E-state index contributed by atoms with van der Waals surface area (Å²) in [5, 5.41) is 11.1. The predicted octanol–water partition coefficient (Wildman–Crippen LogP) is 3.76. The largest absolute Gasteiger partial charge is 0.295 e. The van der Waals surface area contributed by atoms with Gasteiger partial charge in [-0.2, -0.15) is 0 Å². The lowest BCUT2D eigenvalue weighted by atomic mass is 10.0.